The van der Waals surface area contributed by atoms with Crippen LogP contribution in [0.4, 0.5) is 0 Å². The average molecular weight is 231 g/mol. The van der Waals surface area contributed by atoms with E-state index in [1.54, 1.807) is 24.5 Å². The van der Waals surface area contributed by atoms with Crippen molar-refractivity contribution >= 4 is 5.97 Å². The highest BCUT2D eigenvalue weighted by atomic mass is 16.5. The summed E-state index contributed by atoms with van der Waals surface area (Å²) in [5.74, 6) is -0.478. The fraction of sp³-hybridized carbons (Fsp3) is 0.0909. The normalized spacial score (nSPS) is 9.88. The first kappa shape index (κ1) is 11.0. The molecule has 0 fully saturated rings. The molecule has 0 saturated heterocycles. The van der Waals surface area contributed by atoms with Crippen molar-refractivity contribution in [3.63, 3.8) is 0 Å². The first-order chi connectivity index (χ1) is 8.25. The minimum Gasteiger partial charge on any atom is -0.486 e. The lowest BCUT2D eigenvalue weighted by Gasteiger charge is -2.04. The molecule has 0 unspecified atom stereocenters. The number of rotatable bonds is 4. The van der Waals surface area contributed by atoms with E-state index in [0.717, 1.165) is 0 Å². The minimum atomic E-state index is -1.10. The molecule has 0 atom stereocenters. The summed E-state index contributed by atoms with van der Waals surface area (Å²) in [4.78, 5) is 22.1. The lowest BCUT2D eigenvalue weighted by atomic mass is 10.4. The van der Waals surface area contributed by atoms with Crippen molar-refractivity contribution in [2.24, 2.45) is 0 Å². The molecule has 0 amide bonds. The Hall–Kier alpha value is -2.50. The second-order valence-electron chi connectivity index (χ2n) is 3.18. The lowest BCUT2D eigenvalue weighted by Crippen LogP contribution is -2.04. The zero-order valence-corrected chi connectivity index (χ0v) is 8.78. The van der Waals surface area contributed by atoms with Gasteiger partial charge in [0.2, 0.25) is 0 Å². The first-order valence-corrected chi connectivity index (χ1v) is 4.83. The van der Waals surface area contributed by atoms with E-state index in [0.29, 0.717) is 11.4 Å². The summed E-state index contributed by atoms with van der Waals surface area (Å²) < 4.78 is 5.38. The quantitative estimate of drug-likeness (QED) is 0.849. The molecule has 0 aliphatic rings. The van der Waals surface area contributed by atoms with Crippen LogP contribution in [0.5, 0.6) is 5.75 Å². The van der Waals surface area contributed by atoms with Crippen LogP contribution in [0.15, 0.2) is 36.9 Å². The van der Waals surface area contributed by atoms with E-state index in [9.17, 15) is 4.79 Å². The van der Waals surface area contributed by atoms with Gasteiger partial charge in [0.25, 0.3) is 0 Å². The van der Waals surface area contributed by atoms with E-state index in [1.165, 1.54) is 12.4 Å². The van der Waals surface area contributed by atoms with Gasteiger partial charge in [0.05, 0.1) is 24.3 Å². The predicted octanol–water partition coefficient (Wildman–Crippen LogP) is 1.15. The molecule has 0 spiro atoms. The topological polar surface area (TPSA) is 85.2 Å². The number of aromatic carboxylic acids is 1. The molecule has 0 saturated carbocycles. The highest BCUT2D eigenvalue weighted by molar-refractivity contribution is 5.84. The maximum absolute atomic E-state index is 10.5. The van der Waals surface area contributed by atoms with Crippen LogP contribution in [-0.2, 0) is 6.61 Å². The summed E-state index contributed by atoms with van der Waals surface area (Å²) in [6.45, 7) is 0.221. The summed E-state index contributed by atoms with van der Waals surface area (Å²) in [5, 5.41) is 8.64. The fourth-order valence-corrected chi connectivity index (χ4v) is 1.13. The van der Waals surface area contributed by atoms with Crippen molar-refractivity contribution in [3.8, 4) is 5.75 Å². The largest absolute Gasteiger partial charge is 0.486 e. The van der Waals surface area contributed by atoms with Gasteiger partial charge in [0.15, 0.2) is 5.69 Å². The van der Waals surface area contributed by atoms with Crippen molar-refractivity contribution in [2.75, 3.05) is 0 Å². The summed E-state index contributed by atoms with van der Waals surface area (Å²) in [5.41, 5.74) is 0.467. The standard InChI is InChI=1S/C11H9N3O3/c15-11(16)10-6-13-8(4-14-10)7-17-9-2-1-3-12-5-9/h1-6H,7H2,(H,15,16). The molecule has 6 nitrogen and oxygen atoms in total. The first-order valence-electron chi connectivity index (χ1n) is 4.83. The second kappa shape index (κ2) is 5.02. The van der Waals surface area contributed by atoms with Gasteiger partial charge in [0.1, 0.15) is 12.4 Å². The predicted molar refractivity (Wildman–Crippen MR) is 57.6 cm³/mol. The van der Waals surface area contributed by atoms with Crippen LogP contribution >= 0.6 is 0 Å². The molecule has 17 heavy (non-hydrogen) atoms. The maximum Gasteiger partial charge on any atom is 0.356 e. The minimum absolute atomic E-state index is 0.0878. The van der Waals surface area contributed by atoms with E-state index >= 15 is 0 Å². The summed E-state index contributed by atoms with van der Waals surface area (Å²) in [6, 6.07) is 3.53. The number of hydrogen-bond donors (Lipinski definition) is 1. The smallest absolute Gasteiger partial charge is 0.356 e. The molecule has 86 valence electrons. The van der Waals surface area contributed by atoms with Crippen LogP contribution < -0.4 is 4.74 Å². The van der Waals surface area contributed by atoms with Crippen molar-refractivity contribution < 1.29 is 14.6 Å². The highest BCUT2D eigenvalue weighted by Gasteiger charge is 2.05. The van der Waals surface area contributed by atoms with Crippen LogP contribution in [0.3, 0.4) is 0 Å². The molecular formula is C11H9N3O3. The molecule has 6 heteroatoms. The molecule has 1 N–H and O–H groups in total. The van der Waals surface area contributed by atoms with Crippen molar-refractivity contribution in [1.82, 2.24) is 15.0 Å². The van der Waals surface area contributed by atoms with Crippen LogP contribution in [0, 0.1) is 0 Å². The highest BCUT2D eigenvalue weighted by Crippen LogP contribution is 2.08. The van der Waals surface area contributed by atoms with E-state index in [-0.39, 0.29) is 12.3 Å². The second-order valence-corrected chi connectivity index (χ2v) is 3.18. The Morgan fingerprint density at radius 2 is 2.18 bits per heavy atom. The molecule has 2 aromatic heterocycles. The third-order valence-corrected chi connectivity index (χ3v) is 1.95. The molecule has 0 aromatic carbocycles. The van der Waals surface area contributed by atoms with E-state index in [1.807, 2.05) is 0 Å². The van der Waals surface area contributed by atoms with Gasteiger partial charge in [0, 0.05) is 6.20 Å². The molecule has 0 bridgehead atoms. The van der Waals surface area contributed by atoms with Gasteiger partial charge in [-0.1, -0.05) is 0 Å². The van der Waals surface area contributed by atoms with Crippen LogP contribution in [0.2, 0.25) is 0 Å². The van der Waals surface area contributed by atoms with Crippen LogP contribution in [0.1, 0.15) is 16.2 Å². The average Bonchev–Trinajstić information content (AvgIpc) is 2.38. The number of carboxylic acid groups (broad SMARTS) is 1. The zero-order chi connectivity index (χ0) is 12.1. The number of hydrogen-bond acceptors (Lipinski definition) is 5. The lowest BCUT2D eigenvalue weighted by molar-refractivity contribution is 0.0690. The Morgan fingerprint density at radius 3 is 2.76 bits per heavy atom. The summed E-state index contributed by atoms with van der Waals surface area (Å²) in [6.07, 6.45) is 5.80. The van der Waals surface area contributed by atoms with Gasteiger partial charge >= 0.3 is 5.97 Å². The Bertz CT molecular complexity index is 499. The Balaban J connectivity index is 1.98. The summed E-state index contributed by atoms with van der Waals surface area (Å²) in [7, 11) is 0. The number of ether oxygens (including phenoxy) is 1. The van der Waals surface area contributed by atoms with Gasteiger partial charge in [-0.15, -0.1) is 0 Å². The number of pyridine rings is 1. The Labute approximate surface area is 96.9 Å². The third-order valence-electron chi connectivity index (χ3n) is 1.95. The molecule has 0 aliphatic carbocycles. The number of aromatic nitrogens is 3. The van der Waals surface area contributed by atoms with Crippen molar-refractivity contribution in [2.45, 2.75) is 6.61 Å². The van der Waals surface area contributed by atoms with E-state index < -0.39 is 5.97 Å². The zero-order valence-electron chi connectivity index (χ0n) is 8.78. The maximum atomic E-state index is 10.5. The van der Waals surface area contributed by atoms with Crippen LogP contribution in [0.25, 0.3) is 0 Å². The number of nitrogens with zero attached hydrogens (tertiary/aromatic N) is 3. The third kappa shape index (κ3) is 2.97. The molecule has 2 rings (SSSR count). The number of carboxylic acids is 1. The van der Waals surface area contributed by atoms with Gasteiger partial charge in [-0.3, -0.25) is 9.97 Å². The molecule has 0 radical (unpaired) electrons. The molecule has 2 aromatic rings. The van der Waals surface area contributed by atoms with Crippen molar-refractivity contribution in [3.05, 3.63) is 48.3 Å². The van der Waals surface area contributed by atoms with Gasteiger partial charge in [-0.05, 0) is 12.1 Å². The summed E-state index contributed by atoms with van der Waals surface area (Å²) >= 11 is 0. The Kier molecular flexibility index (Phi) is 3.25. The number of carbonyl (C=O) groups is 1. The fourth-order valence-electron chi connectivity index (χ4n) is 1.13. The van der Waals surface area contributed by atoms with Crippen molar-refractivity contribution in [1.29, 1.82) is 0 Å². The molecule has 2 heterocycles. The van der Waals surface area contributed by atoms with E-state index in [2.05, 4.69) is 15.0 Å². The van der Waals surface area contributed by atoms with Gasteiger partial charge < -0.3 is 9.84 Å². The SMILES string of the molecule is O=C(O)c1cnc(COc2cccnc2)cn1. The van der Waals surface area contributed by atoms with Crippen LogP contribution in [-0.4, -0.2) is 26.0 Å². The molecular weight excluding hydrogens is 222 g/mol. The van der Waals surface area contributed by atoms with E-state index in [4.69, 9.17) is 9.84 Å². The molecule has 0 aliphatic heterocycles. The monoisotopic (exact) mass is 231 g/mol. The Morgan fingerprint density at radius 1 is 1.29 bits per heavy atom. The van der Waals surface area contributed by atoms with Gasteiger partial charge in [-0.2, -0.15) is 0 Å². The van der Waals surface area contributed by atoms with Gasteiger partial charge in [-0.25, -0.2) is 9.78 Å².